The molecule has 0 saturated heterocycles. The Hall–Kier alpha value is -6.83. The average Bonchev–Trinajstić information content (AvgIpc) is 3.21. The summed E-state index contributed by atoms with van der Waals surface area (Å²) >= 11 is 11.7. The third kappa shape index (κ3) is 10.9. The number of para-hydroxylation sites is 1. The van der Waals surface area contributed by atoms with E-state index in [1.807, 2.05) is 24.3 Å². The minimum absolute atomic E-state index is 0.0795. The molecule has 0 aliphatic carbocycles. The molecule has 8 aromatic rings. The van der Waals surface area contributed by atoms with Crippen LogP contribution in [0.1, 0.15) is 27.5 Å². The normalized spacial score (nSPS) is 10.8. The second-order valence-electron chi connectivity index (χ2n) is 11.7. The van der Waals surface area contributed by atoms with Crippen LogP contribution < -0.4 is 11.1 Å². The number of carbonyl (C=O) groups excluding carboxylic acids is 1. The molecule has 15 heteroatoms. The van der Waals surface area contributed by atoms with Crippen molar-refractivity contribution in [2.24, 2.45) is 0 Å². The fourth-order valence-electron chi connectivity index (χ4n) is 5.18. The molecule has 1 unspecified atom stereocenters. The Bertz CT molecular complexity index is 2540. The summed E-state index contributed by atoms with van der Waals surface area (Å²) in [7, 11) is 0. The van der Waals surface area contributed by atoms with Crippen molar-refractivity contribution < 1.29 is 32.6 Å². The third-order valence-electron chi connectivity index (χ3n) is 7.88. The van der Waals surface area contributed by atoms with Gasteiger partial charge >= 0.3 is 0 Å². The van der Waals surface area contributed by atoms with Crippen LogP contribution in [0.5, 0.6) is 11.5 Å². The molecule has 1 atom stereocenters. The topological polar surface area (TPSA) is 147 Å². The van der Waals surface area contributed by atoms with Gasteiger partial charge in [-0.1, -0.05) is 71.7 Å². The molecule has 9 nitrogen and oxygen atoms in total. The van der Waals surface area contributed by atoms with Crippen LogP contribution in [0.15, 0.2) is 140 Å². The first-order chi connectivity index (χ1) is 27.5. The summed E-state index contributed by atoms with van der Waals surface area (Å²) in [4.78, 5) is 25.8. The number of hydrogen-bond acceptors (Lipinski definition) is 9. The highest BCUT2D eigenvalue weighted by atomic mass is 35.5. The van der Waals surface area contributed by atoms with E-state index in [1.54, 1.807) is 48.8 Å². The van der Waals surface area contributed by atoms with Gasteiger partial charge in [0.05, 0.1) is 29.0 Å². The van der Waals surface area contributed by atoms with Crippen LogP contribution in [0.25, 0.3) is 21.8 Å². The van der Waals surface area contributed by atoms with Gasteiger partial charge in [-0.05, 0) is 66.7 Å². The summed E-state index contributed by atoms with van der Waals surface area (Å²) in [5, 5.41) is 25.2. The van der Waals surface area contributed by atoms with Gasteiger partial charge in [-0.2, -0.15) is 0 Å². The van der Waals surface area contributed by atoms with Gasteiger partial charge in [0.1, 0.15) is 57.4 Å². The van der Waals surface area contributed by atoms with E-state index in [2.05, 4.69) is 25.3 Å². The first-order valence-corrected chi connectivity index (χ1v) is 17.4. The van der Waals surface area contributed by atoms with Crippen LogP contribution in [-0.2, 0) is 0 Å². The van der Waals surface area contributed by atoms with Crippen LogP contribution in [-0.4, -0.2) is 36.4 Å². The predicted molar refractivity (Wildman–Crippen MR) is 213 cm³/mol. The lowest BCUT2D eigenvalue weighted by Crippen LogP contribution is -2.16. The number of pyridine rings is 4. The van der Waals surface area contributed by atoms with Crippen molar-refractivity contribution in [2.75, 3.05) is 11.1 Å². The fraction of sp³-hybridized carbons (Fsp3) is 0.0238. The zero-order valence-corrected chi connectivity index (χ0v) is 30.9. The molecule has 4 aromatic carbocycles. The second-order valence-corrected chi connectivity index (χ2v) is 12.5. The Balaban J connectivity index is 0.000000173. The van der Waals surface area contributed by atoms with E-state index in [9.17, 15) is 32.6 Å². The number of nitrogens with zero attached hydrogens (tertiary/aromatic N) is 4. The third-order valence-corrected chi connectivity index (χ3v) is 8.54. The van der Waals surface area contributed by atoms with Crippen molar-refractivity contribution in [1.29, 1.82) is 0 Å². The number of fused-ring (bicyclic) bond motifs is 2. The minimum Gasteiger partial charge on any atom is -0.506 e. The number of hydrogen-bond donors (Lipinski definition) is 4. The zero-order valence-electron chi connectivity index (χ0n) is 29.4. The number of aromatic nitrogens is 4. The molecule has 8 rings (SSSR count). The number of nitrogens with two attached hydrogens (primary N) is 1. The lowest BCUT2D eigenvalue weighted by atomic mass is 9.95. The van der Waals surface area contributed by atoms with Gasteiger partial charge in [-0.15, -0.1) is 0 Å². The standard InChI is InChI=1S/C21H14ClF2N3O.C9H7NO.C7H4ClFO.C5H5FN2/c22-15-4-1-5-16(24)18(15)20(27-17-9-7-13(23)11-26-17)14-8-6-12-3-2-10-25-19(12)21(14)28;11-8-5-1-3-7-4-2-6-10-9(7)8;8-6-2-1-3-7(9)5(6)4-10;6-4-1-2-5(7)8-3-4/h1-11,20,28H,(H,26,27);1-6,11H;1-4H;1-3H,(H2,7,8). The molecule has 0 aliphatic rings. The van der Waals surface area contributed by atoms with E-state index < -0.39 is 23.5 Å². The van der Waals surface area contributed by atoms with E-state index in [-0.39, 0.29) is 38.5 Å². The van der Waals surface area contributed by atoms with Crippen LogP contribution >= 0.6 is 23.2 Å². The van der Waals surface area contributed by atoms with Crippen LogP contribution in [0.2, 0.25) is 10.0 Å². The number of aromatic hydroxyl groups is 2. The van der Waals surface area contributed by atoms with Gasteiger partial charge in [0.15, 0.2) is 6.29 Å². The number of benzene rings is 4. The molecule has 288 valence electrons. The smallest absolute Gasteiger partial charge is 0.154 e. The predicted octanol–water partition coefficient (Wildman–Crippen LogP) is 10.5. The van der Waals surface area contributed by atoms with Gasteiger partial charge in [-0.3, -0.25) is 14.8 Å². The quantitative estimate of drug-likeness (QED) is 0.0985. The highest BCUT2D eigenvalue weighted by molar-refractivity contribution is 6.33. The molecule has 0 bridgehead atoms. The molecular formula is C42H30Cl2F4N6O3. The molecule has 5 N–H and O–H groups in total. The number of carbonyl (C=O) groups is 1. The number of phenols is 2. The summed E-state index contributed by atoms with van der Waals surface area (Å²) in [6, 6.07) is 29.0. The molecule has 4 aromatic heterocycles. The van der Waals surface area contributed by atoms with Gasteiger partial charge in [0.25, 0.3) is 0 Å². The van der Waals surface area contributed by atoms with E-state index in [1.165, 1.54) is 54.6 Å². The zero-order chi connectivity index (χ0) is 40.9. The SMILES string of the molecule is Nc1ccc(F)cn1.O=Cc1c(F)cccc1Cl.Oc1c(C(Nc2ccc(F)cn2)c2c(F)cccc2Cl)ccc2cccnc12.Oc1cccc2cccnc12. The van der Waals surface area contributed by atoms with Crippen molar-refractivity contribution >= 4 is 62.9 Å². The van der Waals surface area contributed by atoms with Gasteiger partial charge in [0.2, 0.25) is 0 Å². The molecule has 0 radical (unpaired) electrons. The molecular weight excluding hydrogens is 783 g/mol. The van der Waals surface area contributed by atoms with Crippen LogP contribution in [0.3, 0.4) is 0 Å². The van der Waals surface area contributed by atoms with E-state index >= 15 is 0 Å². The first kappa shape index (κ1) is 41.3. The van der Waals surface area contributed by atoms with Crippen molar-refractivity contribution in [1.82, 2.24) is 19.9 Å². The van der Waals surface area contributed by atoms with Gasteiger partial charge in [0, 0.05) is 39.3 Å². The van der Waals surface area contributed by atoms with E-state index in [4.69, 9.17) is 28.9 Å². The van der Waals surface area contributed by atoms with Crippen molar-refractivity contribution in [2.45, 2.75) is 6.04 Å². The number of phenolic OH excluding ortho intramolecular Hbond substituents is 2. The maximum Gasteiger partial charge on any atom is 0.154 e. The van der Waals surface area contributed by atoms with Gasteiger partial charge in [-0.25, -0.2) is 27.5 Å². The maximum atomic E-state index is 14.7. The summed E-state index contributed by atoms with van der Waals surface area (Å²) in [6.07, 6.45) is 5.76. The molecule has 57 heavy (non-hydrogen) atoms. The monoisotopic (exact) mass is 812 g/mol. The van der Waals surface area contributed by atoms with Crippen molar-refractivity contribution in [3.8, 4) is 11.5 Å². The van der Waals surface area contributed by atoms with E-state index in [0.29, 0.717) is 34.5 Å². The molecule has 0 fully saturated rings. The lowest BCUT2D eigenvalue weighted by Gasteiger charge is -2.23. The Morgan fingerprint density at radius 2 is 1.23 bits per heavy atom. The minimum atomic E-state index is -0.877. The highest BCUT2D eigenvalue weighted by Crippen LogP contribution is 2.39. The van der Waals surface area contributed by atoms with Crippen molar-refractivity contribution in [3.05, 3.63) is 190 Å². The lowest BCUT2D eigenvalue weighted by molar-refractivity contribution is 0.112. The number of halogens is 6. The summed E-state index contributed by atoms with van der Waals surface area (Å²) in [6.45, 7) is 0. The summed E-state index contributed by atoms with van der Waals surface area (Å²) < 4.78 is 52.4. The van der Waals surface area contributed by atoms with Crippen LogP contribution in [0, 0.1) is 23.3 Å². The fourth-order valence-corrected chi connectivity index (χ4v) is 5.66. The van der Waals surface area contributed by atoms with E-state index in [0.717, 1.165) is 23.2 Å². The number of anilines is 2. The Morgan fingerprint density at radius 1 is 0.632 bits per heavy atom. The Labute approximate surface area is 333 Å². The van der Waals surface area contributed by atoms with Crippen LogP contribution in [0.4, 0.5) is 29.2 Å². The van der Waals surface area contributed by atoms with Gasteiger partial charge < -0.3 is 21.3 Å². The molecule has 0 amide bonds. The summed E-state index contributed by atoms with van der Waals surface area (Å²) in [5.41, 5.74) is 6.62. The number of nitrogen functional groups attached to an aromatic ring is 1. The number of nitrogens with one attached hydrogen (secondary N) is 1. The summed E-state index contributed by atoms with van der Waals surface area (Å²) in [5.74, 6) is -1.21. The molecule has 0 aliphatic heterocycles. The molecule has 0 saturated carbocycles. The van der Waals surface area contributed by atoms with Crippen molar-refractivity contribution in [3.63, 3.8) is 0 Å². The molecule has 4 heterocycles. The highest BCUT2D eigenvalue weighted by Gasteiger charge is 2.25. The maximum absolute atomic E-state index is 14.7. The number of rotatable bonds is 5. The average molecular weight is 814 g/mol. The Kier molecular flexibility index (Phi) is 14.3. The molecule has 0 spiro atoms. The second kappa shape index (κ2) is 19.7. The number of aldehydes is 1. The Morgan fingerprint density at radius 3 is 1.79 bits per heavy atom. The first-order valence-electron chi connectivity index (χ1n) is 16.6. The largest absolute Gasteiger partial charge is 0.506 e.